The number of hydrogen-bond acceptors (Lipinski definition) is 5. The molecule has 2 aliphatic rings. The molecule has 1 fully saturated rings. The van der Waals surface area contributed by atoms with E-state index in [1.54, 1.807) is 7.11 Å². The number of rotatable bonds is 6. The molecule has 38 heavy (non-hydrogen) atoms. The van der Waals surface area contributed by atoms with E-state index in [0.29, 0.717) is 37.0 Å². The lowest BCUT2D eigenvalue weighted by Gasteiger charge is -2.36. The summed E-state index contributed by atoms with van der Waals surface area (Å²) in [6, 6.07) is 21.3. The number of amides is 2. The molecule has 3 aromatic carbocycles. The van der Waals surface area contributed by atoms with Crippen molar-refractivity contribution in [3.63, 3.8) is 0 Å². The number of amidine groups is 1. The van der Waals surface area contributed by atoms with E-state index in [1.165, 1.54) is 0 Å². The smallest absolute Gasteiger partial charge is 0.326 e. The molecule has 3 aromatic rings. The third kappa shape index (κ3) is 5.46. The van der Waals surface area contributed by atoms with E-state index in [4.69, 9.17) is 14.5 Å². The van der Waals surface area contributed by atoms with Gasteiger partial charge in [-0.3, -0.25) is 9.89 Å². The summed E-state index contributed by atoms with van der Waals surface area (Å²) in [6.07, 6.45) is 0. The maximum absolute atomic E-state index is 14.3. The van der Waals surface area contributed by atoms with Crippen LogP contribution in [-0.2, 0) is 0 Å². The van der Waals surface area contributed by atoms with Gasteiger partial charge < -0.3 is 19.7 Å². The second kappa shape index (κ2) is 11.9. The lowest BCUT2D eigenvalue weighted by atomic mass is 9.94. The van der Waals surface area contributed by atoms with Gasteiger partial charge in [-0.25, -0.2) is 4.79 Å². The molecule has 198 valence electrons. The van der Waals surface area contributed by atoms with Crippen LogP contribution in [0.3, 0.4) is 0 Å². The highest BCUT2D eigenvalue weighted by molar-refractivity contribution is 9.10. The number of halogens is 2. The zero-order chi connectivity index (χ0) is 26.6. The van der Waals surface area contributed by atoms with E-state index in [0.717, 1.165) is 38.7 Å². The summed E-state index contributed by atoms with van der Waals surface area (Å²) in [5.74, 6) is 1.92. The van der Waals surface area contributed by atoms with Crippen LogP contribution in [0.5, 0.6) is 11.5 Å². The summed E-state index contributed by atoms with van der Waals surface area (Å²) in [4.78, 5) is 23.4. The van der Waals surface area contributed by atoms with Crippen LogP contribution in [0.2, 0.25) is 0 Å². The van der Waals surface area contributed by atoms with Crippen LogP contribution < -0.4 is 14.8 Å². The van der Waals surface area contributed by atoms with Crippen LogP contribution in [0.4, 0.5) is 4.79 Å². The van der Waals surface area contributed by atoms with Gasteiger partial charge in [0.1, 0.15) is 23.4 Å². The minimum Gasteiger partial charge on any atom is -0.497 e. The van der Waals surface area contributed by atoms with Crippen LogP contribution in [0.1, 0.15) is 35.7 Å². The summed E-state index contributed by atoms with van der Waals surface area (Å²) in [7, 11) is 1.63. The van der Waals surface area contributed by atoms with Gasteiger partial charge in [0.05, 0.1) is 25.3 Å². The van der Waals surface area contributed by atoms with Gasteiger partial charge in [0, 0.05) is 41.2 Å². The molecule has 1 saturated heterocycles. The van der Waals surface area contributed by atoms with E-state index >= 15 is 0 Å². The molecule has 2 aliphatic heterocycles. The standard InChI is InChI=1S/C29H30Br2N4O3/c1-3-38-25-18-23(37-2)12-13-24(25)28-33-26(19-4-8-21(30)9-5-19)27(20-6-10-22(31)11-7-20)35(28)29(36)34-16-14-32-15-17-34/h4-13,18,26-27,32H,3,14-17H2,1-2H3/t26-,27+/m1/s1. The summed E-state index contributed by atoms with van der Waals surface area (Å²) in [5.41, 5.74) is 2.80. The number of methoxy groups -OCH3 is 1. The Morgan fingerprint density at radius 3 is 2.21 bits per heavy atom. The van der Waals surface area contributed by atoms with Gasteiger partial charge in [0.2, 0.25) is 0 Å². The maximum atomic E-state index is 14.3. The van der Waals surface area contributed by atoms with Gasteiger partial charge in [-0.15, -0.1) is 0 Å². The van der Waals surface area contributed by atoms with E-state index in [9.17, 15) is 4.79 Å². The average Bonchev–Trinajstić information content (AvgIpc) is 3.34. The van der Waals surface area contributed by atoms with Crippen molar-refractivity contribution in [2.75, 3.05) is 39.9 Å². The fraction of sp³-hybridized carbons (Fsp3) is 0.310. The molecular formula is C29H30Br2N4O3. The largest absolute Gasteiger partial charge is 0.497 e. The maximum Gasteiger partial charge on any atom is 0.326 e. The van der Waals surface area contributed by atoms with Crippen molar-refractivity contribution in [3.8, 4) is 11.5 Å². The predicted octanol–water partition coefficient (Wildman–Crippen LogP) is 6.19. The monoisotopic (exact) mass is 640 g/mol. The molecule has 0 bridgehead atoms. The van der Waals surface area contributed by atoms with Gasteiger partial charge >= 0.3 is 6.03 Å². The first-order valence-electron chi connectivity index (χ1n) is 12.7. The third-order valence-electron chi connectivity index (χ3n) is 6.81. The van der Waals surface area contributed by atoms with Gasteiger partial charge in [-0.1, -0.05) is 56.1 Å². The normalized spacial score (nSPS) is 19.3. The summed E-state index contributed by atoms with van der Waals surface area (Å²) < 4.78 is 13.5. The number of hydrogen-bond donors (Lipinski definition) is 1. The number of carbonyl (C=O) groups is 1. The second-order valence-electron chi connectivity index (χ2n) is 9.13. The van der Waals surface area contributed by atoms with Crippen LogP contribution in [0.15, 0.2) is 80.7 Å². The summed E-state index contributed by atoms with van der Waals surface area (Å²) >= 11 is 7.11. The zero-order valence-electron chi connectivity index (χ0n) is 21.4. The number of benzene rings is 3. The number of aliphatic imine (C=N–C) groups is 1. The Morgan fingerprint density at radius 2 is 1.61 bits per heavy atom. The van der Waals surface area contributed by atoms with Crippen molar-refractivity contribution in [3.05, 3.63) is 92.4 Å². The first kappa shape index (κ1) is 26.7. The molecule has 0 aliphatic carbocycles. The van der Waals surface area contributed by atoms with E-state index in [2.05, 4.69) is 61.4 Å². The third-order valence-corrected chi connectivity index (χ3v) is 7.87. The Kier molecular flexibility index (Phi) is 8.35. The Hall–Kier alpha value is -2.88. The Labute approximate surface area is 240 Å². The molecule has 2 atom stereocenters. The molecule has 1 N–H and O–H groups in total. The number of nitrogens with one attached hydrogen (secondary N) is 1. The number of ether oxygens (including phenoxy) is 2. The highest BCUT2D eigenvalue weighted by atomic mass is 79.9. The molecule has 0 aromatic heterocycles. The van der Waals surface area contributed by atoms with Crippen LogP contribution in [0.25, 0.3) is 0 Å². The van der Waals surface area contributed by atoms with E-state index < -0.39 is 0 Å². The Bertz CT molecular complexity index is 1310. The molecule has 7 nitrogen and oxygen atoms in total. The van der Waals surface area contributed by atoms with Crippen LogP contribution >= 0.6 is 31.9 Å². The van der Waals surface area contributed by atoms with Crippen molar-refractivity contribution < 1.29 is 14.3 Å². The van der Waals surface area contributed by atoms with E-state index in [1.807, 2.05) is 59.2 Å². The molecule has 2 amide bonds. The second-order valence-corrected chi connectivity index (χ2v) is 11.0. The quantitative estimate of drug-likeness (QED) is 0.349. The van der Waals surface area contributed by atoms with Gasteiger partial charge in [0.15, 0.2) is 0 Å². The number of piperazine rings is 1. The van der Waals surface area contributed by atoms with Crippen molar-refractivity contribution in [2.24, 2.45) is 4.99 Å². The lowest BCUT2D eigenvalue weighted by Crippen LogP contribution is -2.53. The minimum atomic E-state index is -0.335. The number of carbonyl (C=O) groups excluding carboxylic acids is 1. The molecule has 0 unspecified atom stereocenters. The number of nitrogens with zero attached hydrogens (tertiary/aromatic N) is 3. The SMILES string of the molecule is CCOc1cc(OC)ccc1C1=N[C@H](c2ccc(Br)cc2)[C@H](c2ccc(Br)cc2)N1C(=O)N1CCNCC1. The molecule has 9 heteroatoms. The zero-order valence-corrected chi connectivity index (χ0v) is 24.5. The van der Waals surface area contributed by atoms with Gasteiger partial charge in [0.25, 0.3) is 0 Å². The summed E-state index contributed by atoms with van der Waals surface area (Å²) in [5, 5.41) is 3.34. The first-order valence-corrected chi connectivity index (χ1v) is 14.3. The molecule has 5 rings (SSSR count). The summed E-state index contributed by atoms with van der Waals surface area (Å²) in [6.45, 7) is 5.22. The predicted molar refractivity (Wildman–Crippen MR) is 156 cm³/mol. The fourth-order valence-corrected chi connectivity index (χ4v) is 5.48. The topological polar surface area (TPSA) is 66.4 Å². The van der Waals surface area contributed by atoms with Gasteiger partial charge in [-0.2, -0.15) is 0 Å². The lowest BCUT2D eigenvalue weighted by molar-refractivity contribution is 0.157. The van der Waals surface area contributed by atoms with Crippen molar-refractivity contribution in [1.82, 2.24) is 15.1 Å². The first-order chi connectivity index (χ1) is 18.5. The minimum absolute atomic E-state index is 0.0592. The Balaban J connectivity index is 1.69. The Morgan fingerprint density at radius 1 is 0.974 bits per heavy atom. The molecule has 0 spiro atoms. The highest BCUT2D eigenvalue weighted by Crippen LogP contribution is 2.45. The molecule has 0 radical (unpaired) electrons. The van der Waals surface area contributed by atoms with Crippen molar-refractivity contribution in [1.29, 1.82) is 0 Å². The van der Waals surface area contributed by atoms with Crippen molar-refractivity contribution in [2.45, 2.75) is 19.0 Å². The van der Waals surface area contributed by atoms with E-state index in [-0.39, 0.29) is 18.1 Å². The van der Waals surface area contributed by atoms with Crippen LogP contribution in [-0.4, -0.2) is 61.6 Å². The molecule has 0 saturated carbocycles. The number of urea groups is 1. The van der Waals surface area contributed by atoms with Gasteiger partial charge in [-0.05, 0) is 54.4 Å². The van der Waals surface area contributed by atoms with Crippen LogP contribution in [0, 0.1) is 0 Å². The van der Waals surface area contributed by atoms with Crippen molar-refractivity contribution >= 4 is 43.7 Å². The fourth-order valence-electron chi connectivity index (χ4n) is 4.95. The highest BCUT2D eigenvalue weighted by Gasteiger charge is 2.44. The molecule has 2 heterocycles. The average molecular weight is 642 g/mol. The molecular weight excluding hydrogens is 612 g/mol.